The van der Waals surface area contributed by atoms with Gasteiger partial charge in [0.1, 0.15) is 0 Å². The molecular formula is C12H34N2Si2. The molecule has 0 saturated carbocycles. The first-order chi connectivity index (χ1) is 7.11. The first-order valence-corrected chi connectivity index (χ1v) is 8.33. The Morgan fingerprint density at radius 3 is 0.625 bits per heavy atom. The molecule has 4 heteroatoms. The van der Waals surface area contributed by atoms with Crippen LogP contribution in [0.15, 0.2) is 0 Å². The van der Waals surface area contributed by atoms with Gasteiger partial charge in [0.15, 0.2) is 0 Å². The second-order valence-corrected chi connectivity index (χ2v) is 7.77. The highest BCUT2D eigenvalue weighted by molar-refractivity contribution is 6.04. The van der Waals surface area contributed by atoms with E-state index in [1.807, 2.05) is 0 Å². The van der Waals surface area contributed by atoms with Crippen molar-refractivity contribution in [2.24, 2.45) is 0 Å². The summed E-state index contributed by atoms with van der Waals surface area (Å²) < 4.78 is 4.94. The van der Waals surface area contributed by atoms with Gasteiger partial charge in [0, 0.05) is 0 Å². The van der Waals surface area contributed by atoms with Crippen LogP contribution in [0.3, 0.4) is 0 Å². The number of hydrogen-bond acceptors (Lipinski definition) is 2. The topological polar surface area (TPSA) is 6.48 Å². The van der Waals surface area contributed by atoms with Crippen molar-refractivity contribution in [3.63, 3.8) is 0 Å². The smallest absolute Gasteiger partial charge is 0.0790 e. The molecule has 0 radical (unpaired) electrons. The predicted molar refractivity (Wildman–Crippen MR) is 84.1 cm³/mol. The van der Waals surface area contributed by atoms with E-state index in [-0.39, 0.29) is 0 Å². The zero-order chi connectivity index (χ0) is 13.5. The van der Waals surface area contributed by atoms with E-state index in [0.29, 0.717) is 0 Å². The van der Waals surface area contributed by atoms with Crippen molar-refractivity contribution in [2.75, 3.05) is 0 Å². The zero-order valence-corrected chi connectivity index (χ0v) is 17.2. The van der Waals surface area contributed by atoms with E-state index in [2.05, 4.69) is 64.5 Å². The third-order valence-corrected chi connectivity index (χ3v) is 7.39. The molecule has 0 fully saturated rings. The molecule has 0 aromatic heterocycles. The van der Waals surface area contributed by atoms with Gasteiger partial charge in [-0.15, -0.1) is 0 Å². The summed E-state index contributed by atoms with van der Waals surface area (Å²) in [7, 11) is 2.38. The lowest BCUT2D eigenvalue weighted by Crippen LogP contribution is -2.34. The van der Waals surface area contributed by atoms with Gasteiger partial charge < -0.3 is 9.13 Å². The highest BCUT2D eigenvalue weighted by atomic mass is 28.2. The van der Waals surface area contributed by atoms with Gasteiger partial charge in [0.05, 0.1) is 20.8 Å². The molecule has 2 nitrogen and oxygen atoms in total. The summed E-state index contributed by atoms with van der Waals surface area (Å²) in [6, 6.07) is 2.95. The highest BCUT2D eigenvalue weighted by Crippen LogP contribution is 1.98. The van der Waals surface area contributed by atoms with Crippen molar-refractivity contribution in [1.29, 1.82) is 0 Å². The Morgan fingerprint density at radius 2 is 0.625 bits per heavy atom. The molecule has 0 bridgehead atoms. The predicted octanol–water partition coefficient (Wildman–Crippen LogP) is 0.771. The Hall–Kier alpha value is 0.354. The molecular weight excluding hydrogens is 228 g/mol. The van der Waals surface area contributed by atoms with Gasteiger partial charge in [0.25, 0.3) is 0 Å². The van der Waals surface area contributed by atoms with Crippen LogP contribution in [0.4, 0.5) is 0 Å². The van der Waals surface area contributed by atoms with Crippen molar-refractivity contribution in [3.05, 3.63) is 0 Å². The maximum Gasteiger partial charge on any atom is 0.0790 e. The maximum absolute atomic E-state index is 2.47. The molecule has 0 aliphatic carbocycles. The number of nitrogens with zero attached hydrogens (tertiary/aromatic N) is 2. The largest absolute Gasteiger partial charge is 0.328 e. The summed E-state index contributed by atoms with van der Waals surface area (Å²) in [4.78, 5) is 0. The second kappa shape index (κ2) is 9.39. The van der Waals surface area contributed by atoms with Crippen LogP contribution < -0.4 is 0 Å². The number of hydrogen-bond donors (Lipinski definition) is 0. The molecule has 16 heavy (non-hydrogen) atoms. The van der Waals surface area contributed by atoms with E-state index in [4.69, 9.17) is 0 Å². The van der Waals surface area contributed by atoms with Crippen molar-refractivity contribution >= 4 is 20.8 Å². The van der Waals surface area contributed by atoms with Crippen molar-refractivity contribution in [3.8, 4) is 0 Å². The fourth-order valence-corrected chi connectivity index (χ4v) is 1.19. The van der Waals surface area contributed by atoms with Crippen LogP contribution in [0.1, 0.15) is 55.4 Å². The minimum Gasteiger partial charge on any atom is -0.328 e. The van der Waals surface area contributed by atoms with E-state index in [1.165, 1.54) is 20.8 Å². The lowest BCUT2D eigenvalue weighted by Gasteiger charge is -2.25. The Labute approximate surface area is 110 Å². The van der Waals surface area contributed by atoms with Gasteiger partial charge in [-0.2, -0.15) is 0 Å². The van der Waals surface area contributed by atoms with Crippen LogP contribution in [-0.2, 0) is 0 Å². The average Bonchev–Trinajstić information content (AvgIpc) is 2.15. The van der Waals surface area contributed by atoms with E-state index in [0.717, 1.165) is 24.2 Å². The van der Waals surface area contributed by atoms with Gasteiger partial charge in [0.2, 0.25) is 0 Å². The Kier molecular flexibility index (Phi) is 11.0. The van der Waals surface area contributed by atoms with E-state index >= 15 is 0 Å². The molecule has 0 aliphatic rings. The third-order valence-electron chi connectivity index (χ3n) is 3.26. The summed E-state index contributed by atoms with van der Waals surface area (Å²) in [5.41, 5.74) is 0. The number of rotatable bonds is 4. The van der Waals surface area contributed by atoms with Gasteiger partial charge in [-0.3, -0.25) is 0 Å². The zero-order valence-electron chi connectivity index (χ0n) is 13.2. The van der Waals surface area contributed by atoms with Gasteiger partial charge >= 0.3 is 0 Å². The molecule has 0 spiro atoms. The maximum atomic E-state index is 2.47. The quantitative estimate of drug-likeness (QED) is 0.691. The normalized spacial score (nSPS) is 12.4. The molecule has 0 N–H and O–H groups in total. The Morgan fingerprint density at radius 1 is 0.500 bits per heavy atom. The molecule has 0 atom stereocenters. The summed E-state index contributed by atoms with van der Waals surface area (Å²) >= 11 is 0. The first-order valence-electron chi connectivity index (χ1n) is 6.55. The lowest BCUT2D eigenvalue weighted by molar-refractivity contribution is 0.320. The van der Waals surface area contributed by atoms with Crippen LogP contribution in [0.25, 0.3) is 0 Å². The first kappa shape index (κ1) is 18.7. The molecule has 0 aromatic rings. The molecule has 0 amide bonds. The Balaban J connectivity index is 0. The molecule has 0 aromatic carbocycles. The van der Waals surface area contributed by atoms with Gasteiger partial charge in [-0.05, 0) is 24.2 Å². The summed E-state index contributed by atoms with van der Waals surface area (Å²) in [5.74, 6) is 0. The van der Waals surface area contributed by atoms with Gasteiger partial charge in [-0.1, -0.05) is 55.4 Å². The van der Waals surface area contributed by atoms with E-state index in [9.17, 15) is 0 Å². The van der Waals surface area contributed by atoms with Crippen LogP contribution in [0.5, 0.6) is 0 Å². The molecule has 0 saturated heterocycles. The SMILES string of the molecule is CC(C)N([SiH3])C(C)C.CC(C)N([SiH3])C(C)C. The summed E-state index contributed by atoms with van der Waals surface area (Å²) in [6.07, 6.45) is 0. The van der Waals surface area contributed by atoms with Crippen molar-refractivity contribution < 1.29 is 0 Å². The fourth-order valence-electron chi connectivity index (χ4n) is 1.19. The van der Waals surface area contributed by atoms with Crippen LogP contribution in [0, 0.1) is 0 Å². The van der Waals surface area contributed by atoms with Crippen LogP contribution in [0.2, 0.25) is 0 Å². The summed E-state index contributed by atoms with van der Waals surface area (Å²) in [6.45, 7) is 17.9. The van der Waals surface area contributed by atoms with Crippen molar-refractivity contribution in [2.45, 2.75) is 79.6 Å². The minimum atomic E-state index is 0.738. The molecule has 100 valence electrons. The standard InChI is InChI=1S/2C6H17NSi/c2*1-5(2)7(8)6(3)4/h2*5-6H,1-4,8H3. The molecule has 0 rings (SSSR count). The van der Waals surface area contributed by atoms with Crippen LogP contribution in [-0.4, -0.2) is 54.1 Å². The summed E-state index contributed by atoms with van der Waals surface area (Å²) in [5, 5.41) is 0. The van der Waals surface area contributed by atoms with E-state index < -0.39 is 0 Å². The Bertz CT molecular complexity index is 125. The monoisotopic (exact) mass is 262 g/mol. The lowest BCUT2D eigenvalue weighted by atomic mass is 10.3. The molecule has 0 heterocycles. The minimum absolute atomic E-state index is 0.738. The fraction of sp³-hybridized carbons (Fsp3) is 1.00. The molecule has 0 unspecified atom stereocenters. The highest BCUT2D eigenvalue weighted by Gasteiger charge is 2.05. The van der Waals surface area contributed by atoms with E-state index in [1.54, 1.807) is 0 Å². The average molecular weight is 263 g/mol. The molecule has 0 aliphatic heterocycles. The van der Waals surface area contributed by atoms with Crippen LogP contribution >= 0.6 is 0 Å². The van der Waals surface area contributed by atoms with Crippen molar-refractivity contribution in [1.82, 2.24) is 9.13 Å². The second-order valence-electron chi connectivity index (χ2n) is 5.71. The third kappa shape index (κ3) is 9.57. The van der Waals surface area contributed by atoms with Gasteiger partial charge in [-0.25, -0.2) is 0 Å².